The lowest BCUT2D eigenvalue weighted by Gasteiger charge is -2.17. The number of imidazole rings is 1. The van der Waals surface area contributed by atoms with E-state index in [9.17, 15) is 0 Å². The Morgan fingerprint density at radius 1 is 0.477 bits per heavy atom. The number of para-hydroxylation sites is 3. The minimum absolute atomic E-state index is 0.128. The van der Waals surface area contributed by atoms with E-state index < -0.39 is 0 Å². The molecule has 65 heavy (non-hydrogen) atoms. The van der Waals surface area contributed by atoms with E-state index in [4.69, 9.17) is 19.9 Å². The summed E-state index contributed by atoms with van der Waals surface area (Å²) in [5, 5.41) is 0.992. The van der Waals surface area contributed by atoms with Crippen LogP contribution in [0.2, 0.25) is 0 Å². The van der Waals surface area contributed by atoms with Crippen molar-refractivity contribution in [3.05, 3.63) is 247 Å². The Morgan fingerprint density at radius 3 is 1.80 bits per heavy atom. The van der Waals surface area contributed by atoms with Crippen LogP contribution >= 0.6 is 0 Å². The molecule has 0 aliphatic carbocycles. The van der Waals surface area contributed by atoms with Crippen LogP contribution in [0.3, 0.4) is 0 Å². The van der Waals surface area contributed by atoms with Gasteiger partial charge in [-0.25, -0.2) is 15.0 Å². The fraction of sp³-hybridized carbons (Fsp3) is 0.0333. The molecule has 2 aromatic heterocycles. The largest absolute Gasteiger partial charge is 0.292 e. The van der Waals surface area contributed by atoms with Crippen LogP contribution in [0.15, 0.2) is 236 Å². The molecule has 2 heterocycles. The summed E-state index contributed by atoms with van der Waals surface area (Å²) in [7, 11) is 0. The third-order valence-corrected chi connectivity index (χ3v) is 12.2. The van der Waals surface area contributed by atoms with Crippen molar-refractivity contribution in [1.82, 2.24) is 19.5 Å². The number of hydrogen-bond donors (Lipinski definition) is 0. The lowest BCUT2D eigenvalue weighted by molar-refractivity contribution is 0.920. The SMILES string of the molecule is CC(c1ccc(-c2nc(-c3ccc(-n4c(-c5ccccc5)nc5ccccc54)cc3)nc3c(-c4ccccc4)cc(-c4ccccc4)cc23)cc1)c1ccccc1C=Nc1ccccc1. The van der Waals surface area contributed by atoms with E-state index in [0.29, 0.717) is 5.82 Å². The summed E-state index contributed by atoms with van der Waals surface area (Å²) >= 11 is 0. The van der Waals surface area contributed by atoms with Crippen LogP contribution in [0.25, 0.3) is 83.9 Å². The second-order valence-corrected chi connectivity index (χ2v) is 16.3. The van der Waals surface area contributed by atoms with Crippen molar-refractivity contribution < 1.29 is 0 Å². The Labute approximate surface area is 378 Å². The first-order valence-corrected chi connectivity index (χ1v) is 22.0. The Hall–Kier alpha value is -8.54. The van der Waals surface area contributed by atoms with Gasteiger partial charge in [-0.05, 0) is 94.0 Å². The summed E-state index contributed by atoms with van der Waals surface area (Å²) in [4.78, 5) is 20.8. The van der Waals surface area contributed by atoms with Crippen LogP contribution in [-0.4, -0.2) is 25.7 Å². The van der Waals surface area contributed by atoms with Gasteiger partial charge in [-0.15, -0.1) is 0 Å². The minimum atomic E-state index is 0.128. The van der Waals surface area contributed by atoms with E-state index in [1.165, 1.54) is 11.1 Å². The first-order valence-electron chi connectivity index (χ1n) is 22.0. The van der Waals surface area contributed by atoms with Crippen molar-refractivity contribution in [1.29, 1.82) is 0 Å². The lowest BCUT2D eigenvalue weighted by atomic mass is 9.89. The molecule has 308 valence electrons. The molecule has 0 radical (unpaired) electrons. The van der Waals surface area contributed by atoms with Gasteiger partial charge < -0.3 is 0 Å². The number of hydrogen-bond acceptors (Lipinski definition) is 4. The molecule has 0 saturated heterocycles. The van der Waals surface area contributed by atoms with Crippen molar-refractivity contribution in [2.45, 2.75) is 12.8 Å². The van der Waals surface area contributed by atoms with Crippen LogP contribution in [0.5, 0.6) is 0 Å². The Kier molecular flexibility index (Phi) is 10.5. The molecule has 11 aromatic rings. The van der Waals surface area contributed by atoms with Crippen LogP contribution in [0, 0.1) is 0 Å². The van der Waals surface area contributed by atoms with Crippen molar-refractivity contribution >= 4 is 33.8 Å². The van der Waals surface area contributed by atoms with Crippen molar-refractivity contribution in [3.63, 3.8) is 0 Å². The smallest absolute Gasteiger partial charge is 0.160 e. The number of benzene rings is 9. The zero-order chi connectivity index (χ0) is 43.5. The van der Waals surface area contributed by atoms with E-state index in [1.54, 1.807) is 0 Å². The summed E-state index contributed by atoms with van der Waals surface area (Å²) in [5.74, 6) is 1.68. The quantitative estimate of drug-likeness (QED) is 0.129. The molecule has 0 aliphatic heterocycles. The molecule has 0 bridgehead atoms. The van der Waals surface area contributed by atoms with Gasteiger partial charge in [0.25, 0.3) is 0 Å². The first-order chi connectivity index (χ1) is 32.1. The highest BCUT2D eigenvalue weighted by molar-refractivity contribution is 6.04. The maximum absolute atomic E-state index is 5.47. The summed E-state index contributed by atoms with van der Waals surface area (Å²) in [6, 6.07) is 80.4. The summed E-state index contributed by atoms with van der Waals surface area (Å²) < 4.78 is 2.23. The van der Waals surface area contributed by atoms with Crippen LogP contribution in [0.4, 0.5) is 5.69 Å². The highest BCUT2D eigenvalue weighted by atomic mass is 15.1. The van der Waals surface area contributed by atoms with Crippen LogP contribution < -0.4 is 0 Å². The van der Waals surface area contributed by atoms with E-state index in [0.717, 1.165) is 89.3 Å². The van der Waals surface area contributed by atoms with Crippen LogP contribution in [-0.2, 0) is 0 Å². The van der Waals surface area contributed by atoms with E-state index in [2.05, 4.69) is 200 Å². The van der Waals surface area contributed by atoms with E-state index in [-0.39, 0.29) is 5.92 Å². The molecule has 0 saturated carbocycles. The zero-order valence-electron chi connectivity index (χ0n) is 35.8. The molecule has 1 atom stereocenters. The number of aliphatic imine (C=N–C) groups is 1. The van der Waals surface area contributed by atoms with Gasteiger partial charge in [0.1, 0.15) is 5.82 Å². The fourth-order valence-corrected chi connectivity index (χ4v) is 8.83. The fourth-order valence-electron chi connectivity index (χ4n) is 8.83. The van der Waals surface area contributed by atoms with Crippen molar-refractivity contribution in [2.24, 2.45) is 4.99 Å². The molecule has 0 amide bonds. The molecule has 0 aliphatic rings. The van der Waals surface area contributed by atoms with E-state index in [1.807, 2.05) is 48.7 Å². The predicted molar refractivity (Wildman–Crippen MR) is 269 cm³/mol. The number of rotatable bonds is 10. The minimum Gasteiger partial charge on any atom is -0.292 e. The van der Waals surface area contributed by atoms with Gasteiger partial charge in [-0.3, -0.25) is 9.56 Å². The summed E-state index contributed by atoms with van der Waals surface area (Å²) in [6.07, 6.45) is 1.98. The summed E-state index contributed by atoms with van der Waals surface area (Å²) in [5.41, 5.74) is 16.6. The Balaban J connectivity index is 1.05. The first kappa shape index (κ1) is 39.3. The highest BCUT2D eigenvalue weighted by Gasteiger charge is 2.20. The third-order valence-electron chi connectivity index (χ3n) is 12.2. The van der Waals surface area contributed by atoms with Crippen molar-refractivity contribution in [3.8, 4) is 62.0 Å². The monoisotopic (exact) mass is 833 g/mol. The number of fused-ring (bicyclic) bond motifs is 2. The molecule has 5 nitrogen and oxygen atoms in total. The molecule has 5 heteroatoms. The van der Waals surface area contributed by atoms with Gasteiger partial charge in [0.15, 0.2) is 5.82 Å². The number of nitrogens with zero attached hydrogens (tertiary/aromatic N) is 5. The maximum atomic E-state index is 5.47. The second kappa shape index (κ2) is 17.3. The van der Waals surface area contributed by atoms with Gasteiger partial charge >= 0.3 is 0 Å². The van der Waals surface area contributed by atoms with Gasteiger partial charge in [0, 0.05) is 45.5 Å². The predicted octanol–water partition coefficient (Wildman–Crippen LogP) is 15.2. The second-order valence-electron chi connectivity index (χ2n) is 16.3. The van der Waals surface area contributed by atoms with E-state index >= 15 is 0 Å². The van der Waals surface area contributed by atoms with Crippen molar-refractivity contribution in [2.75, 3.05) is 0 Å². The number of aromatic nitrogens is 4. The van der Waals surface area contributed by atoms with Gasteiger partial charge in [0.05, 0.1) is 27.9 Å². The van der Waals surface area contributed by atoms with Gasteiger partial charge in [0.2, 0.25) is 0 Å². The molecular weight excluding hydrogens is 791 g/mol. The Bertz CT molecular complexity index is 3450. The topological polar surface area (TPSA) is 56.0 Å². The molecule has 0 fully saturated rings. The average molecular weight is 834 g/mol. The maximum Gasteiger partial charge on any atom is 0.160 e. The van der Waals surface area contributed by atoms with Gasteiger partial charge in [-0.1, -0.05) is 177 Å². The molecule has 11 rings (SSSR count). The summed E-state index contributed by atoms with van der Waals surface area (Å²) in [6.45, 7) is 2.26. The van der Waals surface area contributed by atoms with Gasteiger partial charge in [-0.2, -0.15) is 0 Å². The highest BCUT2D eigenvalue weighted by Crippen LogP contribution is 2.40. The lowest BCUT2D eigenvalue weighted by Crippen LogP contribution is -2.01. The molecule has 0 N–H and O–H groups in total. The zero-order valence-corrected chi connectivity index (χ0v) is 35.8. The normalized spacial score (nSPS) is 12.0. The Morgan fingerprint density at radius 2 is 1.08 bits per heavy atom. The molecule has 0 spiro atoms. The molecule has 1 unspecified atom stereocenters. The molecule has 9 aromatic carbocycles. The standard InChI is InChI=1S/C60H43N5/c1-41(52-27-15-14-24-48(52)40-61-50-25-12-5-13-26-50)42-30-32-45(33-31-42)57-54-39-49(43-18-6-2-7-19-43)38-53(44-20-8-3-9-21-44)58(54)64-59(63-57)46-34-36-51(37-35-46)65-56-29-17-16-28-55(56)62-60(65)47-22-10-4-11-23-47/h2-41H,1H3. The third kappa shape index (κ3) is 7.81. The average Bonchev–Trinajstić information content (AvgIpc) is 3.78. The molecular formula is C60H43N5. The van der Waals surface area contributed by atoms with Crippen LogP contribution in [0.1, 0.15) is 29.5 Å².